The van der Waals surface area contributed by atoms with Crippen LogP contribution in [0.15, 0.2) is 36.5 Å². The van der Waals surface area contributed by atoms with E-state index in [1.165, 1.54) is 0 Å². The molecule has 5 nitrogen and oxygen atoms in total. The molecule has 2 heterocycles. The third kappa shape index (κ3) is 3.08. The highest BCUT2D eigenvalue weighted by atomic mass is 16.7. The number of ether oxygens (including phenoxy) is 3. The minimum absolute atomic E-state index is 0.257. The molecular weight excluding hydrogens is 268 g/mol. The molecule has 1 aliphatic rings. The van der Waals surface area contributed by atoms with Crippen LogP contribution in [0.3, 0.4) is 0 Å². The van der Waals surface area contributed by atoms with Crippen molar-refractivity contribution in [2.45, 2.75) is 19.9 Å². The van der Waals surface area contributed by atoms with E-state index in [0.717, 1.165) is 17.9 Å². The Morgan fingerprint density at radius 2 is 2.10 bits per heavy atom. The van der Waals surface area contributed by atoms with Gasteiger partial charge in [0.25, 0.3) is 0 Å². The summed E-state index contributed by atoms with van der Waals surface area (Å²) in [5.74, 6) is 2.69. The van der Waals surface area contributed by atoms with Crippen molar-refractivity contribution in [3.8, 4) is 23.1 Å². The number of rotatable bonds is 5. The Hall–Kier alpha value is -2.27. The number of nitrogens with zero attached hydrogens (tertiary/aromatic N) is 1. The number of pyridine rings is 1. The first-order valence-corrected chi connectivity index (χ1v) is 7.03. The van der Waals surface area contributed by atoms with E-state index in [2.05, 4.69) is 24.1 Å². The summed E-state index contributed by atoms with van der Waals surface area (Å²) in [7, 11) is 0. The molecule has 1 N–H and O–H groups in total. The highest BCUT2D eigenvalue weighted by Gasteiger charge is 2.14. The Kier molecular flexibility index (Phi) is 3.92. The van der Waals surface area contributed by atoms with Gasteiger partial charge in [-0.3, -0.25) is 0 Å². The summed E-state index contributed by atoms with van der Waals surface area (Å²) in [6.45, 7) is 5.37. The topological polar surface area (TPSA) is 52.6 Å². The molecular formula is C16H18N2O3. The number of aromatic nitrogens is 1. The van der Waals surface area contributed by atoms with Gasteiger partial charge in [0.15, 0.2) is 11.5 Å². The van der Waals surface area contributed by atoms with Gasteiger partial charge in [-0.2, -0.15) is 0 Å². The van der Waals surface area contributed by atoms with Crippen molar-refractivity contribution in [2.75, 3.05) is 13.3 Å². The summed E-state index contributed by atoms with van der Waals surface area (Å²) in [5, 5.41) is 3.37. The third-order valence-corrected chi connectivity index (χ3v) is 3.34. The van der Waals surface area contributed by atoms with E-state index in [4.69, 9.17) is 14.2 Å². The van der Waals surface area contributed by atoms with Gasteiger partial charge < -0.3 is 19.5 Å². The molecule has 1 aromatic heterocycles. The van der Waals surface area contributed by atoms with E-state index in [0.29, 0.717) is 17.4 Å². The predicted molar refractivity (Wildman–Crippen MR) is 79.0 cm³/mol. The van der Waals surface area contributed by atoms with Crippen LogP contribution in [0.2, 0.25) is 0 Å². The maximum absolute atomic E-state index is 5.80. The second-order valence-corrected chi connectivity index (χ2v) is 4.82. The van der Waals surface area contributed by atoms with Crippen LogP contribution in [0.4, 0.5) is 0 Å². The van der Waals surface area contributed by atoms with Crippen molar-refractivity contribution >= 4 is 0 Å². The molecule has 0 spiro atoms. The number of fused-ring (bicyclic) bond motifs is 1. The Balaban J connectivity index is 1.77. The van der Waals surface area contributed by atoms with Gasteiger partial charge >= 0.3 is 0 Å². The summed E-state index contributed by atoms with van der Waals surface area (Å²) < 4.78 is 16.4. The quantitative estimate of drug-likeness (QED) is 0.914. The maximum Gasteiger partial charge on any atom is 0.231 e. The predicted octanol–water partition coefficient (Wildman–Crippen LogP) is 3.27. The average molecular weight is 286 g/mol. The van der Waals surface area contributed by atoms with Crippen molar-refractivity contribution in [2.24, 2.45) is 0 Å². The fourth-order valence-electron chi connectivity index (χ4n) is 2.24. The molecule has 0 amide bonds. The van der Waals surface area contributed by atoms with Crippen molar-refractivity contribution < 1.29 is 14.2 Å². The minimum atomic E-state index is 0.257. The summed E-state index contributed by atoms with van der Waals surface area (Å²) >= 11 is 0. The van der Waals surface area contributed by atoms with Crippen LogP contribution >= 0.6 is 0 Å². The number of hydrogen-bond acceptors (Lipinski definition) is 5. The van der Waals surface area contributed by atoms with Gasteiger partial charge in [0.1, 0.15) is 5.75 Å². The SMILES string of the molecule is CCNC(C)c1ccnc(Oc2ccc3c(c2)OCO3)c1. The number of nitrogens with one attached hydrogen (secondary N) is 1. The van der Waals surface area contributed by atoms with Crippen molar-refractivity contribution in [1.82, 2.24) is 10.3 Å². The van der Waals surface area contributed by atoms with E-state index >= 15 is 0 Å². The molecule has 3 rings (SSSR count). The van der Waals surface area contributed by atoms with Gasteiger partial charge in [-0.25, -0.2) is 4.98 Å². The van der Waals surface area contributed by atoms with Gasteiger partial charge in [0.2, 0.25) is 12.7 Å². The first-order valence-electron chi connectivity index (χ1n) is 7.03. The summed E-state index contributed by atoms with van der Waals surface area (Å²) in [6, 6.07) is 9.68. The van der Waals surface area contributed by atoms with E-state index in [-0.39, 0.29) is 12.8 Å². The van der Waals surface area contributed by atoms with E-state index in [1.807, 2.05) is 30.3 Å². The van der Waals surface area contributed by atoms with Crippen LogP contribution in [0, 0.1) is 0 Å². The zero-order valence-electron chi connectivity index (χ0n) is 12.1. The summed E-state index contributed by atoms with van der Waals surface area (Å²) in [5.41, 5.74) is 1.14. The summed E-state index contributed by atoms with van der Waals surface area (Å²) in [6.07, 6.45) is 1.76. The molecule has 5 heteroatoms. The first kappa shape index (κ1) is 13.7. The fraction of sp³-hybridized carbons (Fsp3) is 0.312. The van der Waals surface area contributed by atoms with Gasteiger partial charge in [-0.15, -0.1) is 0 Å². The van der Waals surface area contributed by atoms with Crippen molar-refractivity contribution in [3.05, 3.63) is 42.1 Å². The molecule has 21 heavy (non-hydrogen) atoms. The molecule has 0 saturated heterocycles. The molecule has 1 unspecified atom stereocenters. The normalized spacial score (nSPS) is 14.0. The maximum atomic E-state index is 5.80. The Morgan fingerprint density at radius 3 is 2.95 bits per heavy atom. The highest BCUT2D eigenvalue weighted by Crippen LogP contribution is 2.36. The zero-order chi connectivity index (χ0) is 14.7. The van der Waals surface area contributed by atoms with Crippen LogP contribution in [-0.4, -0.2) is 18.3 Å². The number of hydrogen-bond donors (Lipinski definition) is 1. The second kappa shape index (κ2) is 6.01. The largest absolute Gasteiger partial charge is 0.454 e. The molecule has 2 aromatic rings. The van der Waals surface area contributed by atoms with Crippen molar-refractivity contribution in [3.63, 3.8) is 0 Å². The lowest BCUT2D eigenvalue weighted by molar-refractivity contribution is 0.174. The van der Waals surface area contributed by atoms with Gasteiger partial charge in [-0.05, 0) is 37.2 Å². The molecule has 1 atom stereocenters. The standard InChI is InChI=1S/C16H18N2O3/c1-3-17-11(2)12-6-7-18-16(8-12)21-13-4-5-14-15(9-13)20-10-19-14/h4-9,11,17H,3,10H2,1-2H3. The average Bonchev–Trinajstić information content (AvgIpc) is 2.95. The van der Waals surface area contributed by atoms with Gasteiger partial charge in [-0.1, -0.05) is 6.92 Å². The smallest absolute Gasteiger partial charge is 0.231 e. The van der Waals surface area contributed by atoms with Crippen LogP contribution in [-0.2, 0) is 0 Å². The molecule has 0 bridgehead atoms. The Bertz CT molecular complexity index is 631. The van der Waals surface area contributed by atoms with Crippen molar-refractivity contribution in [1.29, 1.82) is 0 Å². The van der Waals surface area contributed by atoms with Crippen LogP contribution in [0.1, 0.15) is 25.5 Å². The van der Waals surface area contributed by atoms with Crippen LogP contribution < -0.4 is 19.5 Å². The van der Waals surface area contributed by atoms with E-state index in [1.54, 1.807) is 6.20 Å². The van der Waals surface area contributed by atoms with Crippen LogP contribution in [0.25, 0.3) is 0 Å². The second-order valence-electron chi connectivity index (χ2n) is 4.82. The Morgan fingerprint density at radius 1 is 1.24 bits per heavy atom. The molecule has 0 fully saturated rings. The first-order chi connectivity index (χ1) is 10.3. The van der Waals surface area contributed by atoms with E-state index < -0.39 is 0 Å². The minimum Gasteiger partial charge on any atom is -0.454 e. The third-order valence-electron chi connectivity index (χ3n) is 3.34. The van der Waals surface area contributed by atoms with Crippen LogP contribution in [0.5, 0.6) is 23.1 Å². The fourth-order valence-corrected chi connectivity index (χ4v) is 2.24. The van der Waals surface area contributed by atoms with E-state index in [9.17, 15) is 0 Å². The highest BCUT2D eigenvalue weighted by molar-refractivity contribution is 5.47. The molecule has 0 radical (unpaired) electrons. The lowest BCUT2D eigenvalue weighted by atomic mass is 10.1. The van der Waals surface area contributed by atoms with Gasteiger partial charge in [0, 0.05) is 24.4 Å². The lowest BCUT2D eigenvalue weighted by Crippen LogP contribution is -2.17. The monoisotopic (exact) mass is 286 g/mol. The molecule has 1 aliphatic heterocycles. The molecule has 110 valence electrons. The van der Waals surface area contributed by atoms with Gasteiger partial charge in [0.05, 0.1) is 0 Å². The molecule has 0 aliphatic carbocycles. The Labute approximate surface area is 123 Å². The lowest BCUT2D eigenvalue weighted by Gasteiger charge is -2.13. The number of benzene rings is 1. The molecule has 0 saturated carbocycles. The summed E-state index contributed by atoms with van der Waals surface area (Å²) in [4.78, 5) is 4.25. The zero-order valence-corrected chi connectivity index (χ0v) is 12.1. The molecule has 1 aromatic carbocycles.